The molecule has 1 N–H and O–H groups in total. The minimum atomic E-state index is -1.74. The van der Waals surface area contributed by atoms with Gasteiger partial charge in [0.2, 0.25) is 11.1 Å². The number of hydrogen-bond donors (Lipinski definition) is 1. The molecule has 0 saturated heterocycles. The van der Waals surface area contributed by atoms with Crippen molar-refractivity contribution in [1.82, 2.24) is 4.98 Å². The van der Waals surface area contributed by atoms with Crippen LogP contribution >= 0.6 is 0 Å². The number of nitrogens with one attached hydrogen (secondary N) is 1. The summed E-state index contributed by atoms with van der Waals surface area (Å²) in [6.07, 6.45) is 0. The topological polar surface area (TPSA) is 77.6 Å². The summed E-state index contributed by atoms with van der Waals surface area (Å²) < 4.78 is 28.4. The summed E-state index contributed by atoms with van der Waals surface area (Å²) in [6.45, 7) is 0. The first-order chi connectivity index (χ1) is 11.6. The molecule has 3 rings (SSSR count). The summed E-state index contributed by atoms with van der Waals surface area (Å²) in [5, 5.41) is 0.566. The molecule has 24 heavy (non-hydrogen) atoms. The van der Waals surface area contributed by atoms with E-state index < -0.39 is 11.1 Å². The molecule has 2 aromatic carbocycles. The molecule has 1 aromatic heterocycles. The van der Waals surface area contributed by atoms with Crippen LogP contribution in [0.4, 0.5) is 0 Å². The molecule has 1 atom stereocenters. The normalized spacial score (nSPS) is 11.9. The molecule has 1 heterocycles. The molecule has 0 aliphatic heterocycles. The zero-order chi connectivity index (χ0) is 17.1. The molecule has 7 heteroatoms. The second-order valence-electron chi connectivity index (χ2n) is 4.88. The molecular weight excluding hydrogens is 330 g/mol. The van der Waals surface area contributed by atoms with Crippen LogP contribution in [0.15, 0.2) is 58.2 Å². The Morgan fingerprint density at radius 1 is 0.917 bits per heavy atom. The van der Waals surface area contributed by atoms with Crippen molar-refractivity contribution >= 4 is 22.0 Å². The SMILES string of the molecule is COc1cc2[nH]c(=O)cc(OS(=O)c3ccccc3)c2cc1OC. The minimum Gasteiger partial charge on any atom is -0.493 e. The molecule has 0 bridgehead atoms. The van der Waals surface area contributed by atoms with Crippen molar-refractivity contribution in [1.29, 1.82) is 0 Å². The molecule has 1 unspecified atom stereocenters. The number of aromatic amines is 1. The van der Waals surface area contributed by atoms with Crippen LogP contribution in [0.2, 0.25) is 0 Å². The van der Waals surface area contributed by atoms with Gasteiger partial charge in [0.25, 0.3) is 5.56 Å². The monoisotopic (exact) mass is 345 g/mol. The van der Waals surface area contributed by atoms with E-state index >= 15 is 0 Å². The Morgan fingerprint density at radius 2 is 1.58 bits per heavy atom. The standard InChI is InChI=1S/C17H15NO5S/c1-21-15-8-12-13(9-16(15)22-2)18-17(19)10-14(12)23-24(20)11-6-4-3-5-7-11/h3-10H,1-2H3,(H,18,19). The van der Waals surface area contributed by atoms with Gasteiger partial charge in [-0.2, -0.15) is 0 Å². The van der Waals surface area contributed by atoms with Gasteiger partial charge in [-0.25, -0.2) is 4.21 Å². The van der Waals surface area contributed by atoms with E-state index in [1.54, 1.807) is 36.4 Å². The van der Waals surface area contributed by atoms with E-state index in [0.717, 1.165) is 0 Å². The van der Waals surface area contributed by atoms with Crippen molar-refractivity contribution in [3.8, 4) is 17.2 Å². The van der Waals surface area contributed by atoms with Crippen LogP contribution in [-0.4, -0.2) is 23.4 Å². The maximum atomic E-state index is 12.4. The fourth-order valence-corrected chi connectivity index (χ4v) is 3.06. The summed E-state index contributed by atoms with van der Waals surface area (Å²) >= 11 is -1.74. The predicted molar refractivity (Wildman–Crippen MR) is 91.2 cm³/mol. The van der Waals surface area contributed by atoms with Gasteiger partial charge in [0, 0.05) is 17.5 Å². The van der Waals surface area contributed by atoms with Gasteiger partial charge < -0.3 is 18.6 Å². The van der Waals surface area contributed by atoms with E-state index in [2.05, 4.69) is 4.98 Å². The number of ether oxygens (including phenoxy) is 2. The van der Waals surface area contributed by atoms with Crippen molar-refractivity contribution < 1.29 is 17.9 Å². The molecular formula is C17H15NO5S. The minimum absolute atomic E-state index is 0.205. The van der Waals surface area contributed by atoms with Crippen LogP contribution < -0.4 is 19.2 Å². The van der Waals surface area contributed by atoms with Gasteiger partial charge in [-0.15, -0.1) is 0 Å². The van der Waals surface area contributed by atoms with E-state index in [9.17, 15) is 9.00 Å². The molecule has 0 aliphatic rings. The number of pyridine rings is 1. The first-order valence-electron chi connectivity index (χ1n) is 7.06. The van der Waals surface area contributed by atoms with Crippen LogP contribution in [0.5, 0.6) is 17.2 Å². The Labute approximate surface area is 140 Å². The highest BCUT2D eigenvalue weighted by Gasteiger charge is 2.14. The smallest absolute Gasteiger partial charge is 0.252 e. The number of rotatable bonds is 5. The van der Waals surface area contributed by atoms with E-state index in [1.165, 1.54) is 20.3 Å². The van der Waals surface area contributed by atoms with E-state index in [0.29, 0.717) is 27.3 Å². The molecule has 0 radical (unpaired) electrons. The average Bonchev–Trinajstić information content (AvgIpc) is 2.61. The fourth-order valence-electron chi connectivity index (χ4n) is 2.28. The van der Waals surface area contributed by atoms with Crippen LogP contribution in [0, 0.1) is 0 Å². The Kier molecular flexibility index (Phi) is 4.52. The van der Waals surface area contributed by atoms with Crippen molar-refractivity contribution in [2.45, 2.75) is 4.90 Å². The van der Waals surface area contributed by atoms with Crippen LogP contribution in [0.3, 0.4) is 0 Å². The second kappa shape index (κ2) is 6.76. The largest absolute Gasteiger partial charge is 0.493 e. The third-order valence-electron chi connectivity index (χ3n) is 3.41. The van der Waals surface area contributed by atoms with Gasteiger partial charge in [-0.1, -0.05) is 18.2 Å². The summed E-state index contributed by atoms with van der Waals surface area (Å²) in [5.74, 6) is 1.16. The summed E-state index contributed by atoms with van der Waals surface area (Å²) in [5.41, 5.74) is 0.134. The van der Waals surface area contributed by atoms with Gasteiger partial charge in [-0.3, -0.25) is 4.79 Å². The first kappa shape index (κ1) is 16.1. The number of H-pyrrole nitrogens is 1. The Morgan fingerprint density at radius 3 is 2.25 bits per heavy atom. The Balaban J connectivity index is 2.10. The second-order valence-corrected chi connectivity index (χ2v) is 5.99. The lowest BCUT2D eigenvalue weighted by atomic mass is 10.2. The molecule has 0 fully saturated rings. The highest BCUT2D eigenvalue weighted by atomic mass is 32.2. The van der Waals surface area contributed by atoms with E-state index in [1.807, 2.05) is 6.07 Å². The van der Waals surface area contributed by atoms with E-state index in [4.69, 9.17) is 13.7 Å². The molecule has 3 aromatic rings. The number of methoxy groups -OCH3 is 2. The zero-order valence-electron chi connectivity index (χ0n) is 13.1. The predicted octanol–water partition coefficient (Wildman–Crippen LogP) is 2.65. The number of benzene rings is 2. The zero-order valence-corrected chi connectivity index (χ0v) is 13.9. The van der Waals surface area contributed by atoms with Crippen LogP contribution in [-0.2, 0) is 11.1 Å². The Bertz CT molecular complexity index is 952. The summed E-state index contributed by atoms with van der Waals surface area (Å²) in [6, 6.07) is 13.3. The van der Waals surface area contributed by atoms with Crippen LogP contribution in [0.1, 0.15) is 0 Å². The lowest BCUT2D eigenvalue weighted by molar-refractivity contribution is 0.355. The number of hydrogen-bond acceptors (Lipinski definition) is 5. The third-order valence-corrected chi connectivity index (χ3v) is 4.40. The van der Waals surface area contributed by atoms with Crippen LogP contribution in [0.25, 0.3) is 10.9 Å². The maximum absolute atomic E-state index is 12.4. The lowest BCUT2D eigenvalue weighted by Gasteiger charge is -2.12. The van der Waals surface area contributed by atoms with Crippen molar-refractivity contribution in [3.05, 3.63) is 58.9 Å². The van der Waals surface area contributed by atoms with E-state index in [-0.39, 0.29) is 11.3 Å². The lowest BCUT2D eigenvalue weighted by Crippen LogP contribution is -2.08. The van der Waals surface area contributed by atoms with Crippen molar-refractivity contribution in [2.24, 2.45) is 0 Å². The highest BCUT2D eigenvalue weighted by molar-refractivity contribution is 7.80. The fraction of sp³-hybridized carbons (Fsp3) is 0.118. The van der Waals surface area contributed by atoms with Gasteiger partial charge in [0.05, 0.1) is 24.6 Å². The van der Waals surface area contributed by atoms with Gasteiger partial charge in [0.15, 0.2) is 17.2 Å². The molecule has 6 nitrogen and oxygen atoms in total. The van der Waals surface area contributed by atoms with Gasteiger partial charge in [0.1, 0.15) is 0 Å². The molecule has 0 amide bonds. The average molecular weight is 345 g/mol. The first-order valence-corrected chi connectivity index (χ1v) is 8.14. The highest BCUT2D eigenvalue weighted by Crippen LogP contribution is 2.35. The third kappa shape index (κ3) is 3.11. The van der Waals surface area contributed by atoms with Gasteiger partial charge >= 0.3 is 0 Å². The Hall–Kier alpha value is -2.80. The molecule has 0 aliphatic carbocycles. The number of aromatic nitrogens is 1. The molecule has 0 spiro atoms. The molecule has 0 saturated carbocycles. The number of fused-ring (bicyclic) bond motifs is 1. The van der Waals surface area contributed by atoms with Gasteiger partial charge in [-0.05, 0) is 18.2 Å². The molecule has 124 valence electrons. The van der Waals surface area contributed by atoms with Crippen molar-refractivity contribution in [2.75, 3.05) is 14.2 Å². The summed E-state index contributed by atoms with van der Waals surface area (Å²) in [7, 11) is 3.02. The van der Waals surface area contributed by atoms with Crippen molar-refractivity contribution in [3.63, 3.8) is 0 Å². The maximum Gasteiger partial charge on any atom is 0.252 e. The quantitative estimate of drug-likeness (QED) is 0.769. The summed E-state index contributed by atoms with van der Waals surface area (Å²) in [4.78, 5) is 15.1.